The van der Waals surface area contributed by atoms with Gasteiger partial charge in [0.1, 0.15) is 5.82 Å². The topological polar surface area (TPSA) is 77.5 Å². The van der Waals surface area contributed by atoms with Gasteiger partial charge in [0, 0.05) is 50.8 Å². The summed E-state index contributed by atoms with van der Waals surface area (Å²) < 4.78 is 0. The summed E-state index contributed by atoms with van der Waals surface area (Å²) in [5, 5.41) is 3.09. The van der Waals surface area contributed by atoms with Crippen LogP contribution >= 0.6 is 0 Å². The molecule has 158 valence electrons. The van der Waals surface area contributed by atoms with Gasteiger partial charge < -0.3 is 15.1 Å². The molecule has 1 N–H and O–H groups in total. The summed E-state index contributed by atoms with van der Waals surface area (Å²) in [6, 6.07) is 12.6. The van der Waals surface area contributed by atoms with E-state index in [1.54, 1.807) is 18.6 Å². The van der Waals surface area contributed by atoms with Crippen LogP contribution in [0, 0.1) is 0 Å². The van der Waals surface area contributed by atoms with Crippen LogP contribution in [-0.2, 0) is 4.79 Å². The van der Waals surface area contributed by atoms with Crippen LogP contribution in [0.15, 0.2) is 55.0 Å². The molecule has 1 saturated heterocycles. The van der Waals surface area contributed by atoms with Gasteiger partial charge in [0.2, 0.25) is 5.91 Å². The summed E-state index contributed by atoms with van der Waals surface area (Å²) in [5.41, 5.74) is 4.03. The van der Waals surface area contributed by atoms with E-state index in [1.165, 1.54) is 0 Å². The van der Waals surface area contributed by atoms with Crippen molar-refractivity contribution in [2.24, 2.45) is 0 Å². The molecule has 5 rings (SSSR count). The normalized spacial score (nSPS) is 16.8. The van der Waals surface area contributed by atoms with Crippen LogP contribution in [0.4, 0.5) is 23.0 Å². The molecule has 2 aromatic heterocycles. The van der Waals surface area contributed by atoms with Crippen molar-refractivity contribution >= 4 is 28.9 Å². The summed E-state index contributed by atoms with van der Waals surface area (Å²) in [7, 11) is 4.05. The zero-order chi connectivity index (χ0) is 21.4. The molecule has 1 atom stereocenters. The third kappa shape index (κ3) is 3.65. The Kier molecular flexibility index (Phi) is 4.89. The summed E-state index contributed by atoms with van der Waals surface area (Å²) in [6.45, 7) is 1.94. The SMILES string of the molecule is CN(C)c1cccc(-c2ccc3c(n2)N(C(=O)CNc2cnccn2)[C@H]2CCN3C2)c1. The number of anilines is 4. The number of aromatic nitrogens is 3. The Morgan fingerprint density at radius 3 is 2.94 bits per heavy atom. The maximum atomic E-state index is 13.3. The number of nitrogens with one attached hydrogen (secondary N) is 1. The van der Waals surface area contributed by atoms with Crippen LogP contribution in [0.25, 0.3) is 11.3 Å². The lowest BCUT2D eigenvalue weighted by Crippen LogP contribution is -2.48. The second-order valence-corrected chi connectivity index (χ2v) is 8.08. The molecule has 0 saturated carbocycles. The molecule has 0 radical (unpaired) electrons. The van der Waals surface area contributed by atoms with Gasteiger partial charge in [0.25, 0.3) is 0 Å². The number of amides is 1. The maximum Gasteiger partial charge on any atom is 0.247 e. The third-order valence-corrected chi connectivity index (χ3v) is 5.86. The molecule has 1 amide bonds. The average molecular weight is 416 g/mol. The Bertz CT molecular complexity index is 1100. The minimum absolute atomic E-state index is 0.00912. The van der Waals surface area contributed by atoms with E-state index in [4.69, 9.17) is 4.98 Å². The predicted octanol–water partition coefficient (Wildman–Crippen LogP) is 2.64. The summed E-state index contributed by atoms with van der Waals surface area (Å²) in [6.07, 6.45) is 5.77. The first-order valence-electron chi connectivity index (χ1n) is 10.5. The largest absolute Gasteiger partial charge is 0.378 e. The van der Waals surface area contributed by atoms with E-state index in [-0.39, 0.29) is 18.5 Å². The molecule has 1 fully saturated rings. The fourth-order valence-corrected chi connectivity index (χ4v) is 4.28. The van der Waals surface area contributed by atoms with Crippen LogP contribution in [0.5, 0.6) is 0 Å². The highest BCUT2D eigenvalue weighted by atomic mass is 16.2. The molecule has 1 aromatic carbocycles. The van der Waals surface area contributed by atoms with Crippen molar-refractivity contribution in [3.8, 4) is 11.3 Å². The van der Waals surface area contributed by atoms with E-state index in [0.717, 1.165) is 48.0 Å². The molecule has 8 nitrogen and oxygen atoms in total. The van der Waals surface area contributed by atoms with E-state index in [1.807, 2.05) is 31.1 Å². The molecular formula is C23H25N7O. The number of carbonyl (C=O) groups is 1. The third-order valence-electron chi connectivity index (χ3n) is 5.86. The van der Waals surface area contributed by atoms with Gasteiger partial charge in [-0.25, -0.2) is 9.97 Å². The number of carbonyl (C=O) groups excluding carboxylic acids is 1. The van der Waals surface area contributed by atoms with Crippen molar-refractivity contribution in [3.05, 3.63) is 55.0 Å². The van der Waals surface area contributed by atoms with Gasteiger partial charge in [0.05, 0.1) is 30.2 Å². The van der Waals surface area contributed by atoms with Crippen molar-refractivity contribution in [3.63, 3.8) is 0 Å². The molecule has 0 aliphatic carbocycles. The van der Waals surface area contributed by atoms with Crippen LogP contribution in [0.3, 0.4) is 0 Å². The van der Waals surface area contributed by atoms with E-state index < -0.39 is 0 Å². The molecule has 0 spiro atoms. The zero-order valence-electron chi connectivity index (χ0n) is 17.7. The lowest BCUT2D eigenvalue weighted by Gasteiger charge is -2.36. The fourth-order valence-electron chi connectivity index (χ4n) is 4.28. The fraction of sp³-hybridized carbons (Fsp3) is 0.304. The highest BCUT2D eigenvalue weighted by molar-refractivity contribution is 6.00. The number of fused-ring (bicyclic) bond motifs is 4. The monoisotopic (exact) mass is 415 g/mol. The van der Waals surface area contributed by atoms with Crippen LogP contribution in [0.2, 0.25) is 0 Å². The molecule has 31 heavy (non-hydrogen) atoms. The van der Waals surface area contributed by atoms with E-state index in [0.29, 0.717) is 5.82 Å². The summed E-state index contributed by atoms with van der Waals surface area (Å²) in [4.78, 5) is 32.7. The minimum atomic E-state index is -0.00912. The highest BCUT2D eigenvalue weighted by Gasteiger charge is 2.40. The molecule has 2 bridgehead atoms. The molecule has 0 unspecified atom stereocenters. The van der Waals surface area contributed by atoms with Crippen LogP contribution in [-0.4, -0.2) is 60.6 Å². The van der Waals surface area contributed by atoms with Gasteiger partial charge >= 0.3 is 0 Å². The molecule has 3 aromatic rings. The number of benzene rings is 1. The second-order valence-electron chi connectivity index (χ2n) is 8.08. The number of hydrogen-bond donors (Lipinski definition) is 1. The first-order valence-corrected chi connectivity index (χ1v) is 10.5. The summed E-state index contributed by atoms with van der Waals surface area (Å²) in [5.74, 6) is 1.32. The number of nitrogens with zero attached hydrogens (tertiary/aromatic N) is 6. The van der Waals surface area contributed by atoms with Gasteiger partial charge in [-0.3, -0.25) is 14.7 Å². The molecular weight excluding hydrogens is 390 g/mol. The van der Waals surface area contributed by atoms with Gasteiger partial charge in [-0.05, 0) is 30.7 Å². The number of hydrogen-bond acceptors (Lipinski definition) is 7. The van der Waals surface area contributed by atoms with Crippen molar-refractivity contribution in [2.75, 3.05) is 53.7 Å². The molecule has 2 aliphatic rings. The lowest BCUT2D eigenvalue weighted by molar-refractivity contribution is -0.117. The van der Waals surface area contributed by atoms with Crippen LogP contribution in [0.1, 0.15) is 6.42 Å². The standard InChI is InChI=1S/C23H25N7O/c1-28(2)17-5-3-4-16(12-17)19-6-7-20-23(27-19)30(18-8-11-29(20)15-18)22(31)14-26-21-13-24-9-10-25-21/h3-7,9-10,12-13,18H,8,11,14-15H2,1-2H3,(H,25,26)/t18-/m0/s1. The Hall–Kier alpha value is -3.68. The Morgan fingerprint density at radius 1 is 1.23 bits per heavy atom. The first-order chi connectivity index (χ1) is 15.1. The molecule has 4 heterocycles. The van der Waals surface area contributed by atoms with Gasteiger partial charge in [-0.15, -0.1) is 0 Å². The van der Waals surface area contributed by atoms with Crippen LogP contribution < -0.4 is 20.0 Å². The number of rotatable bonds is 5. The van der Waals surface area contributed by atoms with E-state index >= 15 is 0 Å². The quantitative estimate of drug-likeness (QED) is 0.686. The Balaban J connectivity index is 1.47. The molecule has 2 aliphatic heterocycles. The average Bonchev–Trinajstić information content (AvgIpc) is 3.22. The summed E-state index contributed by atoms with van der Waals surface area (Å²) >= 11 is 0. The zero-order valence-corrected chi connectivity index (χ0v) is 17.7. The maximum absolute atomic E-state index is 13.3. The Labute approximate surface area is 181 Å². The Morgan fingerprint density at radius 2 is 2.13 bits per heavy atom. The lowest BCUT2D eigenvalue weighted by atomic mass is 10.1. The first kappa shape index (κ1) is 19.3. The number of pyridine rings is 1. The molecule has 8 heteroatoms. The van der Waals surface area contributed by atoms with E-state index in [9.17, 15) is 4.79 Å². The van der Waals surface area contributed by atoms with Crippen molar-refractivity contribution < 1.29 is 4.79 Å². The second kappa shape index (κ2) is 7.86. The van der Waals surface area contributed by atoms with Crippen molar-refractivity contribution in [1.29, 1.82) is 0 Å². The van der Waals surface area contributed by atoms with Crippen molar-refractivity contribution in [2.45, 2.75) is 12.5 Å². The van der Waals surface area contributed by atoms with Gasteiger partial charge in [0.15, 0.2) is 5.82 Å². The minimum Gasteiger partial charge on any atom is -0.378 e. The smallest absolute Gasteiger partial charge is 0.247 e. The van der Waals surface area contributed by atoms with Gasteiger partial charge in [-0.2, -0.15) is 0 Å². The van der Waals surface area contributed by atoms with Gasteiger partial charge in [-0.1, -0.05) is 12.1 Å². The predicted molar refractivity (Wildman–Crippen MR) is 123 cm³/mol. The van der Waals surface area contributed by atoms with E-state index in [2.05, 4.69) is 49.4 Å². The highest BCUT2D eigenvalue weighted by Crippen LogP contribution is 2.40. The van der Waals surface area contributed by atoms with Crippen molar-refractivity contribution in [1.82, 2.24) is 15.0 Å².